The molecule has 0 aromatic carbocycles. The third kappa shape index (κ3) is 3.16. The second-order valence-corrected chi connectivity index (χ2v) is 4.98. The van der Waals surface area contributed by atoms with Gasteiger partial charge in [-0.3, -0.25) is 9.67 Å². The Labute approximate surface area is 114 Å². The van der Waals surface area contributed by atoms with Crippen molar-refractivity contribution < 1.29 is 0 Å². The molecule has 2 rings (SSSR count). The fraction of sp³-hybridized carbons (Fsp3) is 0.571. The Morgan fingerprint density at radius 2 is 2.11 bits per heavy atom. The molecule has 1 aliphatic rings. The molecule has 19 heavy (non-hydrogen) atoms. The molecule has 0 saturated carbocycles. The molecule has 1 aromatic heterocycles. The van der Waals surface area contributed by atoms with Gasteiger partial charge < -0.3 is 10.6 Å². The van der Waals surface area contributed by atoms with Crippen LogP contribution in [0.4, 0.5) is 0 Å². The zero-order chi connectivity index (χ0) is 13.8. The van der Waals surface area contributed by atoms with Crippen molar-refractivity contribution in [1.82, 2.24) is 20.4 Å². The minimum absolute atomic E-state index is 0.474. The average Bonchev–Trinajstić information content (AvgIpc) is 2.97. The van der Waals surface area contributed by atoms with Gasteiger partial charge in [0.1, 0.15) is 0 Å². The Kier molecular flexibility index (Phi) is 4.24. The van der Waals surface area contributed by atoms with Gasteiger partial charge in [-0.2, -0.15) is 5.10 Å². The maximum absolute atomic E-state index is 4.42. The summed E-state index contributed by atoms with van der Waals surface area (Å²) in [4.78, 5) is 4.27. The van der Waals surface area contributed by atoms with Crippen LogP contribution in [0.3, 0.4) is 0 Å². The number of aliphatic imine (C=N–C) groups is 1. The summed E-state index contributed by atoms with van der Waals surface area (Å²) >= 11 is 0. The highest BCUT2D eigenvalue weighted by Gasteiger charge is 2.13. The Bertz CT molecular complexity index is 490. The molecule has 5 nitrogen and oxygen atoms in total. The lowest BCUT2D eigenvalue weighted by atomic mass is 10.2. The summed E-state index contributed by atoms with van der Waals surface area (Å²) in [6.45, 7) is 4.89. The van der Waals surface area contributed by atoms with Crippen molar-refractivity contribution in [2.24, 2.45) is 12.0 Å². The minimum Gasteiger partial charge on any atom is -0.353 e. The number of nitrogens with one attached hydrogen (secondary N) is 2. The number of hydrogen-bond donors (Lipinski definition) is 2. The van der Waals surface area contributed by atoms with E-state index in [0.717, 1.165) is 31.0 Å². The number of guanidine groups is 1. The van der Waals surface area contributed by atoms with Crippen molar-refractivity contribution in [3.05, 3.63) is 29.1 Å². The van der Waals surface area contributed by atoms with Crippen LogP contribution in [0.1, 0.15) is 29.8 Å². The maximum atomic E-state index is 4.42. The quantitative estimate of drug-likeness (QED) is 0.491. The van der Waals surface area contributed by atoms with E-state index in [1.165, 1.54) is 11.3 Å². The fourth-order valence-corrected chi connectivity index (χ4v) is 2.37. The molecule has 1 aromatic rings. The highest BCUT2D eigenvalue weighted by molar-refractivity contribution is 5.80. The van der Waals surface area contributed by atoms with Crippen LogP contribution in [0.25, 0.3) is 0 Å². The highest BCUT2D eigenvalue weighted by Crippen LogP contribution is 2.11. The summed E-state index contributed by atoms with van der Waals surface area (Å²) in [7, 11) is 3.78. The van der Waals surface area contributed by atoms with E-state index in [9.17, 15) is 0 Å². The second-order valence-electron chi connectivity index (χ2n) is 4.98. The maximum Gasteiger partial charge on any atom is 0.191 e. The Morgan fingerprint density at radius 3 is 2.63 bits per heavy atom. The number of aromatic nitrogens is 2. The molecule has 0 unspecified atom stereocenters. The van der Waals surface area contributed by atoms with Crippen LogP contribution in [0, 0.1) is 13.8 Å². The molecule has 0 bridgehead atoms. The smallest absolute Gasteiger partial charge is 0.191 e. The fourth-order valence-electron chi connectivity index (χ4n) is 2.37. The molecule has 0 aliphatic heterocycles. The molecule has 0 amide bonds. The van der Waals surface area contributed by atoms with Crippen molar-refractivity contribution in [2.75, 3.05) is 7.05 Å². The van der Waals surface area contributed by atoms with E-state index in [2.05, 4.69) is 39.8 Å². The lowest BCUT2D eigenvalue weighted by molar-refractivity contribution is 0.632. The third-order valence-corrected chi connectivity index (χ3v) is 3.66. The Hall–Kier alpha value is -1.78. The van der Waals surface area contributed by atoms with E-state index >= 15 is 0 Å². The van der Waals surface area contributed by atoms with Crippen molar-refractivity contribution in [1.29, 1.82) is 0 Å². The summed E-state index contributed by atoms with van der Waals surface area (Å²) in [5.74, 6) is 0.858. The predicted octanol–water partition coefficient (Wildman–Crippen LogP) is 1.42. The van der Waals surface area contributed by atoms with E-state index in [4.69, 9.17) is 0 Å². The topological polar surface area (TPSA) is 54.2 Å². The third-order valence-electron chi connectivity index (χ3n) is 3.66. The first kappa shape index (κ1) is 13.6. The lowest BCUT2D eigenvalue weighted by Crippen LogP contribution is -2.42. The molecule has 5 heteroatoms. The summed E-state index contributed by atoms with van der Waals surface area (Å²) in [5, 5.41) is 11.2. The van der Waals surface area contributed by atoms with Gasteiger partial charge in [0, 0.05) is 37.9 Å². The van der Waals surface area contributed by atoms with Gasteiger partial charge in [0.25, 0.3) is 0 Å². The van der Waals surface area contributed by atoms with Crippen molar-refractivity contribution in [2.45, 2.75) is 39.3 Å². The Morgan fingerprint density at radius 1 is 1.42 bits per heavy atom. The van der Waals surface area contributed by atoms with E-state index < -0.39 is 0 Å². The van der Waals surface area contributed by atoms with Crippen molar-refractivity contribution in [3.63, 3.8) is 0 Å². The van der Waals surface area contributed by atoms with Gasteiger partial charge in [-0.05, 0) is 26.7 Å². The molecule has 1 aliphatic carbocycles. The average molecular weight is 261 g/mol. The zero-order valence-electron chi connectivity index (χ0n) is 12.2. The summed E-state index contributed by atoms with van der Waals surface area (Å²) in [6.07, 6.45) is 6.57. The molecule has 0 fully saturated rings. The predicted molar refractivity (Wildman–Crippen MR) is 78.2 cm³/mol. The number of rotatable bonds is 3. The van der Waals surface area contributed by atoms with E-state index in [1.807, 2.05) is 18.7 Å². The molecular weight excluding hydrogens is 238 g/mol. The Balaban J connectivity index is 1.92. The van der Waals surface area contributed by atoms with Gasteiger partial charge in [-0.15, -0.1) is 0 Å². The lowest BCUT2D eigenvalue weighted by Gasteiger charge is -2.17. The van der Waals surface area contributed by atoms with Crippen LogP contribution in [-0.4, -0.2) is 28.8 Å². The molecule has 0 radical (unpaired) electrons. The highest BCUT2D eigenvalue weighted by atomic mass is 15.3. The van der Waals surface area contributed by atoms with Crippen molar-refractivity contribution >= 4 is 5.96 Å². The van der Waals surface area contributed by atoms with Gasteiger partial charge in [0.15, 0.2) is 5.96 Å². The van der Waals surface area contributed by atoms with Crippen LogP contribution < -0.4 is 10.6 Å². The number of aryl methyl sites for hydroxylation is 2. The van der Waals surface area contributed by atoms with Crippen LogP contribution in [0.15, 0.2) is 17.1 Å². The molecular formula is C14H23N5. The first-order chi connectivity index (χ1) is 9.11. The number of hydrogen-bond acceptors (Lipinski definition) is 2. The number of nitrogens with zero attached hydrogens (tertiary/aromatic N) is 3. The van der Waals surface area contributed by atoms with Gasteiger partial charge >= 0.3 is 0 Å². The SMILES string of the molecule is CN=C(NCc1c(C)nn(C)c1C)NC1CC=CC1. The van der Waals surface area contributed by atoms with E-state index in [0.29, 0.717) is 6.04 Å². The van der Waals surface area contributed by atoms with Crippen LogP contribution in [0.2, 0.25) is 0 Å². The molecule has 0 spiro atoms. The van der Waals surface area contributed by atoms with E-state index in [1.54, 1.807) is 7.05 Å². The van der Waals surface area contributed by atoms with Crippen LogP contribution in [-0.2, 0) is 13.6 Å². The van der Waals surface area contributed by atoms with Gasteiger partial charge in [0.2, 0.25) is 0 Å². The summed E-state index contributed by atoms with van der Waals surface area (Å²) in [6, 6.07) is 0.474. The monoisotopic (exact) mass is 261 g/mol. The second kappa shape index (κ2) is 5.91. The van der Waals surface area contributed by atoms with Crippen LogP contribution in [0.5, 0.6) is 0 Å². The first-order valence-corrected chi connectivity index (χ1v) is 6.73. The molecule has 0 atom stereocenters. The normalized spacial score (nSPS) is 16.1. The molecule has 1 heterocycles. The molecule has 104 valence electrons. The van der Waals surface area contributed by atoms with Gasteiger partial charge in [0.05, 0.1) is 5.69 Å². The van der Waals surface area contributed by atoms with Gasteiger partial charge in [-0.1, -0.05) is 12.2 Å². The van der Waals surface area contributed by atoms with Crippen LogP contribution >= 0.6 is 0 Å². The minimum atomic E-state index is 0.474. The largest absolute Gasteiger partial charge is 0.353 e. The summed E-state index contributed by atoms with van der Waals surface area (Å²) < 4.78 is 1.92. The summed E-state index contributed by atoms with van der Waals surface area (Å²) in [5.41, 5.74) is 3.52. The standard InChI is InChI=1S/C14H23N5/c1-10-13(11(2)19(4)18-10)9-16-14(15-3)17-12-7-5-6-8-12/h5-6,12H,7-9H2,1-4H3,(H2,15,16,17). The zero-order valence-corrected chi connectivity index (χ0v) is 12.2. The van der Waals surface area contributed by atoms with Crippen molar-refractivity contribution in [3.8, 4) is 0 Å². The van der Waals surface area contributed by atoms with E-state index in [-0.39, 0.29) is 0 Å². The molecule has 2 N–H and O–H groups in total. The first-order valence-electron chi connectivity index (χ1n) is 6.73. The van der Waals surface area contributed by atoms with Gasteiger partial charge in [-0.25, -0.2) is 0 Å². The molecule has 0 saturated heterocycles.